The molecule has 1 aromatic carbocycles. The molecule has 1 atom stereocenters. The van der Waals surface area contributed by atoms with Crippen LogP contribution in [0.3, 0.4) is 0 Å². The van der Waals surface area contributed by atoms with E-state index in [1.54, 1.807) is 12.1 Å². The maximum absolute atomic E-state index is 10.7. The molecular formula is C13H17NO2S. The molecule has 0 aromatic heterocycles. The van der Waals surface area contributed by atoms with Crippen LogP contribution in [0, 0.1) is 0 Å². The van der Waals surface area contributed by atoms with Crippen LogP contribution in [0.15, 0.2) is 24.3 Å². The first-order valence-corrected chi connectivity index (χ1v) is 6.96. The number of carboxylic acids is 1. The van der Waals surface area contributed by atoms with E-state index < -0.39 is 5.97 Å². The van der Waals surface area contributed by atoms with E-state index in [1.165, 1.54) is 17.1 Å². The van der Waals surface area contributed by atoms with Gasteiger partial charge in [-0.3, -0.25) is 4.90 Å². The van der Waals surface area contributed by atoms with Gasteiger partial charge in [-0.15, -0.1) is 0 Å². The van der Waals surface area contributed by atoms with Crippen LogP contribution in [0.2, 0.25) is 0 Å². The van der Waals surface area contributed by atoms with E-state index in [2.05, 4.69) is 11.8 Å². The summed E-state index contributed by atoms with van der Waals surface area (Å²) in [5.74, 6) is 1.52. The predicted molar refractivity (Wildman–Crippen MR) is 70.6 cm³/mol. The summed E-state index contributed by atoms with van der Waals surface area (Å²) in [7, 11) is 0. The number of nitrogens with zero attached hydrogens (tertiary/aromatic N) is 1. The third-order valence-electron chi connectivity index (χ3n) is 3.09. The van der Waals surface area contributed by atoms with Gasteiger partial charge in [0.15, 0.2) is 0 Å². The Morgan fingerprint density at radius 1 is 1.47 bits per heavy atom. The number of hydrogen-bond acceptors (Lipinski definition) is 3. The summed E-state index contributed by atoms with van der Waals surface area (Å²) in [6.45, 7) is 4.28. The zero-order valence-corrected chi connectivity index (χ0v) is 10.7. The van der Waals surface area contributed by atoms with Crippen LogP contribution in [-0.2, 0) is 6.54 Å². The maximum atomic E-state index is 10.7. The number of thioether (sulfide) groups is 1. The van der Waals surface area contributed by atoms with Gasteiger partial charge in [0.1, 0.15) is 0 Å². The van der Waals surface area contributed by atoms with E-state index in [0.717, 1.165) is 13.1 Å². The lowest BCUT2D eigenvalue weighted by molar-refractivity contribution is 0.0697. The fraction of sp³-hybridized carbons (Fsp3) is 0.462. The molecular weight excluding hydrogens is 234 g/mol. The van der Waals surface area contributed by atoms with Gasteiger partial charge in [0, 0.05) is 30.6 Å². The summed E-state index contributed by atoms with van der Waals surface area (Å²) in [6, 6.07) is 7.80. The normalized spacial score (nSPS) is 21.4. The van der Waals surface area contributed by atoms with Gasteiger partial charge in [0.05, 0.1) is 5.56 Å². The Balaban J connectivity index is 2.00. The first-order chi connectivity index (χ1) is 8.16. The minimum atomic E-state index is -0.862. The monoisotopic (exact) mass is 251 g/mol. The van der Waals surface area contributed by atoms with Gasteiger partial charge < -0.3 is 5.11 Å². The molecule has 4 heteroatoms. The fourth-order valence-electron chi connectivity index (χ4n) is 1.98. The number of carboxylic acid groups (broad SMARTS) is 1. The molecule has 1 aromatic rings. The molecule has 1 unspecified atom stereocenters. The average Bonchev–Trinajstić information content (AvgIpc) is 2.33. The van der Waals surface area contributed by atoms with E-state index >= 15 is 0 Å². The van der Waals surface area contributed by atoms with E-state index in [9.17, 15) is 4.79 Å². The minimum Gasteiger partial charge on any atom is -0.478 e. The smallest absolute Gasteiger partial charge is 0.335 e. The molecule has 1 aliphatic rings. The van der Waals surface area contributed by atoms with Crippen molar-refractivity contribution in [3.63, 3.8) is 0 Å². The Labute approximate surface area is 106 Å². The molecule has 1 aliphatic heterocycles. The van der Waals surface area contributed by atoms with Crippen molar-refractivity contribution in [1.29, 1.82) is 0 Å². The Morgan fingerprint density at radius 2 is 2.18 bits per heavy atom. The van der Waals surface area contributed by atoms with E-state index in [-0.39, 0.29) is 0 Å². The molecule has 0 aliphatic carbocycles. The first kappa shape index (κ1) is 12.5. The Kier molecular flexibility index (Phi) is 4.07. The fourth-order valence-corrected chi connectivity index (χ4v) is 3.07. The highest BCUT2D eigenvalue weighted by Gasteiger charge is 2.18. The van der Waals surface area contributed by atoms with Crippen molar-refractivity contribution in [3.8, 4) is 0 Å². The highest BCUT2D eigenvalue weighted by Crippen LogP contribution is 2.18. The predicted octanol–water partition coefficient (Wildman–Crippen LogP) is 2.32. The molecule has 3 nitrogen and oxygen atoms in total. The van der Waals surface area contributed by atoms with E-state index in [4.69, 9.17) is 5.11 Å². The third-order valence-corrected chi connectivity index (χ3v) is 4.28. The molecule has 0 radical (unpaired) electrons. The molecule has 1 fully saturated rings. The number of carbonyl (C=O) groups is 1. The van der Waals surface area contributed by atoms with Crippen LogP contribution in [0.1, 0.15) is 22.8 Å². The molecule has 1 saturated heterocycles. The highest BCUT2D eigenvalue weighted by atomic mass is 32.2. The highest BCUT2D eigenvalue weighted by molar-refractivity contribution is 7.99. The van der Waals surface area contributed by atoms with Gasteiger partial charge in [-0.25, -0.2) is 4.79 Å². The lowest BCUT2D eigenvalue weighted by Crippen LogP contribution is -2.39. The van der Waals surface area contributed by atoms with Gasteiger partial charge in [-0.05, 0) is 24.6 Å². The summed E-state index contributed by atoms with van der Waals surface area (Å²) in [5.41, 5.74) is 1.55. The molecule has 0 saturated carbocycles. The summed E-state index contributed by atoms with van der Waals surface area (Å²) >= 11 is 2.00. The van der Waals surface area contributed by atoms with Gasteiger partial charge in [0.25, 0.3) is 0 Å². The Morgan fingerprint density at radius 3 is 2.76 bits per heavy atom. The second-order valence-corrected chi connectivity index (χ2v) is 5.55. The Bertz CT molecular complexity index is 391. The van der Waals surface area contributed by atoms with Crippen molar-refractivity contribution in [2.24, 2.45) is 0 Å². The summed E-state index contributed by atoms with van der Waals surface area (Å²) in [4.78, 5) is 13.2. The summed E-state index contributed by atoms with van der Waals surface area (Å²) < 4.78 is 0. The lowest BCUT2D eigenvalue weighted by atomic mass is 10.1. The SMILES string of the molecule is CC1CSCCN1Cc1ccc(C(=O)O)cc1. The van der Waals surface area contributed by atoms with Crippen LogP contribution >= 0.6 is 11.8 Å². The molecule has 0 spiro atoms. The molecule has 17 heavy (non-hydrogen) atoms. The molecule has 2 rings (SSSR count). The van der Waals surface area contributed by atoms with Crippen LogP contribution in [0.25, 0.3) is 0 Å². The number of aromatic carboxylic acids is 1. The molecule has 0 bridgehead atoms. The van der Waals surface area contributed by atoms with Crippen LogP contribution < -0.4 is 0 Å². The van der Waals surface area contributed by atoms with Crippen molar-refractivity contribution in [1.82, 2.24) is 4.90 Å². The van der Waals surface area contributed by atoms with Crippen molar-refractivity contribution < 1.29 is 9.90 Å². The first-order valence-electron chi connectivity index (χ1n) is 5.81. The second kappa shape index (κ2) is 5.56. The largest absolute Gasteiger partial charge is 0.478 e. The average molecular weight is 251 g/mol. The summed E-state index contributed by atoms with van der Waals surface area (Å²) in [5, 5.41) is 8.83. The summed E-state index contributed by atoms with van der Waals surface area (Å²) in [6.07, 6.45) is 0. The van der Waals surface area contributed by atoms with Crippen LogP contribution in [0.5, 0.6) is 0 Å². The quantitative estimate of drug-likeness (QED) is 0.895. The number of hydrogen-bond donors (Lipinski definition) is 1. The van der Waals surface area contributed by atoms with Crippen molar-refractivity contribution >= 4 is 17.7 Å². The van der Waals surface area contributed by atoms with E-state index in [1.807, 2.05) is 23.9 Å². The Hall–Kier alpha value is -1.00. The molecule has 0 amide bonds. The topological polar surface area (TPSA) is 40.5 Å². The van der Waals surface area contributed by atoms with Gasteiger partial charge >= 0.3 is 5.97 Å². The van der Waals surface area contributed by atoms with Crippen molar-refractivity contribution in [3.05, 3.63) is 35.4 Å². The van der Waals surface area contributed by atoms with Crippen molar-refractivity contribution in [2.45, 2.75) is 19.5 Å². The standard InChI is InChI=1S/C13H17NO2S/c1-10-9-17-7-6-14(10)8-11-2-4-12(5-3-11)13(15)16/h2-5,10H,6-9H2,1H3,(H,15,16). The second-order valence-electron chi connectivity index (χ2n) is 4.40. The van der Waals surface area contributed by atoms with Crippen LogP contribution in [0.4, 0.5) is 0 Å². The maximum Gasteiger partial charge on any atom is 0.335 e. The van der Waals surface area contributed by atoms with Gasteiger partial charge in [-0.1, -0.05) is 12.1 Å². The zero-order chi connectivity index (χ0) is 12.3. The molecule has 92 valence electrons. The van der Waals surface area contributed by atoms with Gasteiger partial charge in [-0.2, -0.15) is 11.8 Å². The molecule has 1 heterocycles. The van der Waals surface area contributed by atoms with Crippen molar-refractivity contribution in [2.75, 3.05) is 18.1 Å². The number of rotatable bonds is 3. The van der Waals surface area contributed by atoms with Gasteiger partial charge in [0.2, 0.25) is 0 Å². The van der Waals surface area contributed by atoms with Crippen LogP contribution in [-0.4, -0.2) is 40.1 Å². The third kappa shape index (κ3) is 3.23. The minimum absolute atomic E-state index is 0.357. The lowest BCUT2D eigenvalue weighted by Gasteiger charge is -2.32. The van der Waals surface area contributed by atoms with E-state index in [0.29, 0.717) is 11.6 Å². The zero-order valence-electron chi connectivity index (χ0n) is 9.93. The number of benzene rings is 1. The molecule has 1 N–H and O–H groups in total.